The molecule has 0 saturated carbocycles. The number of rotatable bonds is 7. The van der Waals surface area contributed by atoms with Crippen LogP contribution in [0.15, 0.2) is 48.5 Å². The van der Waals surface area contributed by atoms with Crippen LogP contribution in [0.5, 0.6) is 0 Å². The van der Waals surface area contributed by atoms with Gasteiger partial charge in [-0.25, -0.2) is 4.98 Å². The SMILES string of the molecule is CCC(=O)Nc1cccc(C(=O)NC(c2nc3ccccc3[nH]2)C(C)CC)c1. The van der Waals surface area contributed by atoms with E-state index in [0.29, 0.717) is 17.7 Å². The maximum Gasteiger partial charge on any atom is 0.251 e. The van der Waals surface area contributed by atoms with E-state index in [4.69, 9.17) is 0 Å². The number of fused-ring (bicyclic) bond motifs is 1. The van der Waals surface area contributed by atoms with E-state index in [-0.39, 0.29) is 23.8 Å². The average Bonchev–Trinajstić information content (AvgIpc) is 3.15. The van der Waals surface area contributed by atoms with Gasteiger partial charge in [-0.15, -0.1) is 0 Å². The molecular weight excluding hydrogens is 352 g/mol. The number of carbonyl (C=O) groups excluding carboxylic acids is 2. The molecule has 0 aliphatic heterocycles. The molecule has 1 heterocycles. The summed E-state index contributed by atoms with van der Waals surface area (Å²) in [4.78, 5) is 32.5. The summed E-state index contributed by atoms with van der Waals surface area (Å²) < 4.78 is 0. The van der Waals surface area contributed by atoms with Gasteiger partial charge in [0.05, 0.1) is 17.1 Å². The van der Waals surface area contributed by atoms with Crippen LogP contribution in [0.25, 0.3) is 11.0 Å². The first kappa shape index (κ1) is 19.6. The first-order chi connectivity index (χ1) is 13.5. The lowest BCUT2D eigenvalue weighted by atomic mass is 9.98. The fourth-order valence-electron chi connectivity index (χ4n) is 3.05. The largest absolute Gasteiger partial charge is 0.342 e. The number of H-pyrrole nitrogens is 1. The van der Waals surface area contributed by atoms with E-state index >= 15 is 0 Å². The molecule has 28 heavy (non-hydrogen) atoms. The summed E-state index contributed by atoms with van der Waals surface area (Å²) in [5, 5.41) is 5.90. The highest BCUT2D eigenvalue weighted by Crippen LogP contribution is 2.25. The van der Waals surface area contributed by atoms with Crippen molar-refractivity contribution < 1.29 is 9.59 Å². The Morgan fingerprint density at radius 1 is 1.11 bits per heavy atom. The zero-order chi connectivity index (χ0) is 20.1. The predicted octanol–water partition coefficient (Wildman–Crippen LogP) is 4.43. The van der Waals surface area contributed by atoms with E-state index in [1.165, 1.54) is 0 Å². The number of imidazole rings is 1. The van der Waals surface area contributed by atoms with Crippen LogP contribution in [-0.2, 0) is 4.79 Å². The zero-order valence-electron chi connectivity index (χ0n) is 16.5. The fourth-order valence-corrected chi connectivity index (χ4v) is 3.05. The van der Waals surface area contributed by atoms with Crippen molar-refractivity contribution in [3.63, 3.8) is 0 Å². The number of aromatic amines is 1. The number of hydrogen-bond donors (Lipinski definition) is 3. The van der Waals surface area contributed by atoms with E-state index in [1.54, 1.807) is 31.2 Å². The van der Waals surface area contributed by atoms with Crippen molar-refractivity contribution in [2.24, 2.45) is 5.92 Å². The smallest absolute Gasteiger partial charge is 0.251 e. The second-order valence-corrected chi connectivity index (χ2v) is 6.96. The van der Waals surface area contributed by atoms with Gasteiger partial charge in [-0.2, -0.15) is 0 Å². The summed E-state index contributed by atoms with van der Waals surface area (Å²) >= 11 is 0. The number of para-hydroxylation sites is 2. The Kier molecular flexibility index (Phi) is 6.09. The Morgan fingerprint density at radius 3 is 2.61 bits per heavy atom. The number of benzene rings is 2. The van der Waals surface area contributed by atoms with Crippen LogP contribution in [0.4, 0.5) is 5.69 Å². The van der Waals surface area contributed by atoms with Gasteiger partial charge in [-0.1, -0.05) is 45.4 Å². The summed E-state index contributed by atoms with van der Waals surface area (Å²) in [6.45, 7) is 5.97. The van der Waals surface area contributed by atoms with Crippen molar-refractivity contribution in [1.82, 2.24) is 15.3 Å². The van der Waals surface area contributed by atoms with Gasteiger partial charge < -0.3 is 15.6 Å². The van der Waals surface area contributed by atoms with Gasteiger partial charge in [0.25, 0.3) is 5.91 Å². The first-order valence-corrected chi connectivity index (χ1v) is 9.67. The highest BCUT2D eigenvalue weighted by atomic mass is 16.2. The van der Waals surface area contributed by atoms with Gasteiger partial charge in [0.15, 0.2) is 0 Å². The molecule has 6 heteroatoms. The molecule has 0 fully saturated rings. The Morgan fingerprint density at radius 2 is 1.89 bits per heavy atom. The lowest BCUT2D eigenvalue weighted by Gasteiger charge is -2.22. The second-order valence-electron chi connectivity index (χ2n) is 6.96. The lowest BCUT2D eigenvalue weighted by molar-refractivity contribution is -0.115. The Hall–Kier alpha value is -3.15. The van der Waals surface area contributed by atoms with Crippen LogP contribution < -0.4 is 10.6 Å². The highest BCUT2D eigenvalue weighted by Gasteiger charge is 2.24. The topological polar surface area (TPSA) is 86.9 Å². The molecule has 146 valence electrons. The minimum Gasteiger partial charge on any atom is -0.342 e. The third kappa shape index (κ3) is 4.39. The molecule has 0 radical (unpaired) electrons. The number of nitrogens with zero attached hydrogens (tertiary/aromatic N) is 1. The second kappa shape index (κ2) is 8.69. The Bertz CT molecular complexity index is 946. The molecule has 0 aliphatic carbocycles. The van der Waals surface area contributed by atoms with Crippen molar-refractivity contribution >= 4 is 28.5 Å². The lowest BCUT2D eigenvalue weighted by Crippen LogP contribution is -2.33. The third-order valence-corrected chi connectivity index (χ3v) is 4.93. The highest BCUT2D eigenvalue weighted by molar-refractivity contribution is 5.97. The molecule has 2 amide bonds. The maximum atomic E-state index is 12.9. The van der Waals surface area contributed by atoms with Crippen LogP contribution in [0.1, 0.15) is 55.8 Å². The molecule has 1 aromatic heterocycles. The van der Waals surface area contributed by atoms with E-state index in [2.05, 4.69) is 34.4 Å². The molecule has 3 N–H and O–H groups in total. The molecule has 3 rings (SSSR count). The molecule has 0 bridgehead atoms. The quantitative estimate of drug-likeness (QED) is 0.568. The van der Waals surface area contributed by atoms with Crippen molar-refractivity contribution in [1.29, 1.82) is 0 Å². The van der Waals surface area contributed by atoms with Crippen molar-refractivity contribution in [3.8, 4) is 0 Å². The summed E-state index contributed by atoms with van der Waals surface area (Å²) in [6.07, 6.45) is 1.28. The summed E-state index contributed by atoms with van der Waals surface area (Å²) in [5.41, 5.74) is 2.94. The predicted molar refractivity (Wildman–Crippen MR) is 111 cm³/mol. The standard InChI is InChI=1S/C22H26N4O2/c1-4-14(3)20(21-24-17-11-6-7-12-18(17)25-21)26-22(28)15-9-8-10-16(13-15)23-19(27)5-2/h6-14,20H,4-5H2,1-3H3,(H,23,27)(H,24,25)(H,26,28). The number of carbonyl (C=O) groups is 2. The van der Waals surface area contributed by atoms with Crippen LogP contribution in [0.3, 0.4) is 0 Å². The number of amides is 2. The minimum atomic E-state index is -0.237. The summed E-state index contributed by atoms with van der Waals surface area (Å²) in [7, 11) is 0. The first-order valence-electron chi connectivity index (χ1n) is 9.67. The summed E-state index contributed by atoms with van der Waals surface area (Å²) in [6, 6.07) is 14.6. The van der Waals surface area contributed by atoms with Crippen molar-refractivity contribution in [2.45, 2.75) is 39.7 Å². The van der Waals surface area contributed by atoms with Gasteiger partial charge in [-0.3, -0.25) is 9.59 Å². The van der Waals surface area contributed by atoms with E-state index in [1.807, 2.05) is 24.3 Å². The van der Waals surface area contributed by atoms with Gasteiger partial charge in [0.2, 0.25) is 5.91 Å². The van der Waals surface area contributed by atoms with Crippen LogP contribution in [0.2, 0.25) is 0 Å². The summed E-state index contributed by atoms with van der Waals surface area (Å²) in [5.74, 6) is 0.669. The Balaban J connectivity index is 1.84. The van der Waals surface area contributed by atoms with E-state index < -0.39 is 0 Å². The van der Waals surface area contributed by atoms with Crippen molar-refractivity contribution in [3.05, 3.63) is 59.9 Å². The average molecular weight is 378 g/mol. The van der Waals surface area contributed by atoms with Crippen LogP contribution in [0, 0.1) is 5.92 Å². The molecule has 2 atom stereocenters. The number of hydrogen-bond acceptors (Lipinski definition) is 3. The number of nitrogens with one attached hydrogen (secondary N) is 3. The number of aromatic nitrogens is 2. The fraction of sp³-hybridized carbons (Fsp3) is 0.318. The van der Waals surface area contributed by atoms with E-state index in [0.717, 1.165) is 23.3 Å². The molecule has 0 saturated heterocycles. The third-order valence-electron chi connectivity index (χ3n) is 4.93. The van der Waals surface area contributed by atoms with Crippen LogP contribution >= 0.6 is 0 Å². The normalized spacial score (nSPS) is 13.1. The van der Waals surface area contributed by atoms with Gasteiger partial charge in [-0.05, 0) is 36.2 Å². The maximum absolute atomic E-state index is 12.9. The molecule has 0 aliphatic rings. The van der Waals surface area contributed by atoms with Gasteiger partial charge in [0.1, 0.15) is 5.82 Å². The van der Waals surface area contributed by atoms with Crippen molar-refractivity contribution in [2.75, 3.05) is 5.32 Å². The number of anilines is 1. The Labute approximate surface area is 164 Å². The van der Waals surface area contributed by atoms with Gasteiger partial charge >= 0.3 is 0 Å². The molecule has 6 nitrogen and oxygen atoms in total. The molecule has 2 unspecified atom stereocenters. The van der Waals surface area contributed by atoms with Crippen LogP contribution in [-0.4, -0.2) is 21.8 Å². The monoisotopic (exact) mass is 378 g/mol. The molecular formula is C22H26N4O2. The van der Waals surface area contributed by atoms with E-state index in [9.17, 15) is 9.59 Å². The van der Waals surface area contributed by atoms with Gasteiger partial charge in [0, 0.05) is 17.7 Å². The zero-order valence-corrected chi connectivity index (χ0v) is 16.5. The molecule has 0 spiro atoms. The minimum absolute atomic E-state index is 0.0858. The molecule has 3 aromatic rings. The molecule has 2 aromatic carbocycles.